The number of hydrogen-bond donors (Lipinski definition) is 2. The van der Waals surface area contributed by atoms with Crippen molar-refractivity contribution in [2.75, 3.05) is 19.7 Å². The average Bonchev–Trinajstić information content (AvgIpc) is 2.66. The third-order valence-electron chi connectivity index (χ3n) is 4.65. The molecule has 0 saturated carbocycles. The predicted octanol–water partition coefficient (Wildman–Crippen LogP) is 3.31. The monoisotopic (exact) mass is 408 g/mol. The first-order valence-corrected chi connectivity index (χ1v) is 11.4. The molecule has 28 heavy (non-hydrogen) atoms. The summed E-state index contributed by atoms with van der Waals surface area (Å²) in [5, 5.41) is 2.87. The van der Waals surface area contributed by atoms with Gasteiger partial charge in [0.1, 0.15) is 5.75 Å². The number of allylic oxidation sites excluding steroid dienone is 1. The summed E-state index contributed by atoms with van der Waals surface area (Å²) in [4.78, 5) is 12.2. The second kappa shape index (κ2) is 10.6. The minimum absolute atomic E-state index is 0.0857. The van der Waals surface area contributed by atoms with Crippen molar-refractivity contribution < 1.29 is 17.9 Å². The molecular formula is C21H32N2O4S. The topological polar surface area (TPSA) is 84.5 Å². The van der Waals surface area contributed by atoms with E-state index in [0.717, 1.165) is 19.3 Å². The van der Waals surface area contributed by atoms with Gasteiger partial charge in [-0.25, -0.2) is 13.1 Å². The van der Waals surface area contributed by atoms with E-state index in [9.17, 15) is 13.2 Å². The Hall–Kier alpha value is -1.86. The lowest BCUT2D eigenvalue weighted by atomic mass is 9.97. The Morgan fingerprint density at radius 1 is 1.25 bits per heavy atom. The van der Waals surface area contributed by atoms with Crippen LogP contribution in [0.1, 0.15) is 51.5 Å². The molecule has 0 aromatic heterocycles. The zero-order chi connectivity index (χ0) is 20.6. The van der Waals surface area contributed by atoms with Crippen molar-refractivity contribution in [3.8, 4) is 5.75 Å². The lowest BCUT2D eigenvalue weighted by Gasteiger charge is -2.14. The number of nitrogens with one attached hydrogen (secondary N) is 2. The fourth-order valence-electron chi connectivity index (χ4n) is 3.00. The number of rotatable bonds is 10. The first-order chi connectivity index (χ1) is 13.3. The quantitative estimate of drug-likeness (QED) is 0.582. The standard InChI is InChI=1S/C21H32N2O4S/c1-16(2)14-23-28(25,26)19-9-10-20(17(3)13-19)27-15-21(24)22-12-11-18-7-5-4-6-8-18/h7,9-10,13,16,23H,4-6,8,11-12,14-15H2,1-3H3,(H,22,24). The van der Waals surface area contributed by atoms with Crippen molar-refractivity contribution in [1.29, 1.82) is 0 Å². The second-order valence-corrected chi connectivity index (χ2v) is 9.44. The number of benzene rings is 1. The van der Waals surface area contributed by atoms with Crippen LogP contribution in [0.5, 0.6) is 5.75 Å². The van der Waals surface area contributed by atoms with Gasteiger partial charge in [0.2, 0.25) is 10.0 Å². The van der Waals surface area contributed by atoms with Crippen molar-refractivity contribution in [3.05, 3.63) is 35.4 Å². The molecule has 0 aliphatic heterocycles. The van der Waals surface area contributed by atoms with Gasteiger partial charge in [-0.1, -0.05) is 25.5 Å². The molecule has 1 amide bonds. The zero-order valence-electron chi connectivity index (χ0n) is 17.1. The number of ether oxygens (including phenoxy) is 1. The van der Waals surface area contributed by atoms with Crippen LogP contribution >= 0.6 is 0 Å². The molecule has 0 bridgehead atoms. The molecule has 7 heteroatoms. The smallest absolute Gasteiger partial charge is 0.257 e. The van der Waals surface area contributed by atoms with Gasteiger partial charge in [-0.05, 0) is 68.7 Å². The van der Waals surface area contributed by atoms with Crippen LogP contribution in [0.25, 0.3) is 0 Å². The normalized spacial score (nSPS) is 14.6. The molecule has 0 radical (unpaired) electrons. The predicted molar refractivity (Wildman–Crippen MR) is 111 cm³/mol. The van der Waals surface area contributed by atoms with E-state index >= 15 is 0 Å². The summed E-state index contributed by atoms with van der Waals surface area (Å²) in [6, 6.07) is 4.66. The minimum Gasteiger partial charge on any atom is -0.484 e. The third kappa shape index (κ3) is 7.28. The molecule has 156 valence electrons. The Bertz CT molecular complexity index is 801. The van der Waals surface area contributed by atoms with Gasteiger partial charge in [0.05, 0.1) is 4.90 Å². The highest BCUT2D eigenvalue weighted by Gasteiger charge is 2.16. The summed E-state index contributed by atoms with van der Waals surface area (Å²) in [6.07, 6.45) is 7.94. The summed E-state index contributed by atoms with van der Waals surface area (Å²) in [5.41, 5.74) is 2.10. The Labute approximate surface area is 168 Å². The molecule has 2 N–H and O–H groups in total. The molecule has 1 aromatic carbocycles. The van der Waals surface area contributed by atoms with Crippen LogP contribution in [-0.2, 0) is 14.8 Å². The summed E-state index contributed by atoms with van der Waals surface area (Å²) in [6.45, 7) is 6.58. The van der Waals surface area contributed by atoms with Gasteiger partial charge >= 0.3 is 0 Å². The fourth-order valence-corrected chi connectivity index (χ4v) is 4.30. The largest absolute Gasteiger partial charge is 0.484 e. The van der Waals surface area contributed by atoms with E-state index in [-0.39, 0.29) is 23.3 Å². The molecule has 1 aliphatic carbocycles. The maximum absolute atomic E-state index is 12.3. The Balaban J connectivity index is 1.82. The molecule has 0 unspecified atom stereocenters. The highest BCUT2D eigenvalue weighted by molar-refractivity contribution is 7.89. The summed E-state index contributed by atoms with van der Waals surface area (Å²) in [7, 11) is -3.54. The summed E-state index contributed by atoms with van der Waals surface area (Å²) in [5.74, 6) is 0.561. The van der Waals surface area contributed by atoms with Crippen LogP contribution in [0.4, 0.5) is 0 Å². The number of hydrogen-bond acceptors (Lipinski definition) is 4. The van der Waals surface area contributed by atoms with E-state index in [0.29, 0.717) is 24.4 Å². The van der Waals surface area contributed by atoms with Crippen LogP contribution in [0.2, 0.25) is 0 Å². The van der Waals surface area contributed by atoms with Crippen LogP contribution < -0.4 is 14.8 Å². The van der Waals surface area contributed by atoms with Gasteiger partial charge < -0.3 is 10.1 Å². The van der Waals surface area contributed by atoms with Crippen LogP contribution in [-0.4, -0.2) is 34.0 Å². The molecule has 0 saturated heterocycles. The average molecular weight is 409 g/mol. The molecule has 1 aliphatic rings. The molecule has 6 nitrogen and oxygen atoms in total. The van der Waals surface area contributed by atoms with Crippen LogP contribution in [0.3, 0.4) is 0 Å². The summed E-state index contributed by atoms with van der Waals surface area (Å²) >= 11 is 0. The molecule has 0 spiro atoms. The second-order valence-electron chi connectivity index (χ2n) is 7.67. The number of carbonyl (C=O) groups excluding carboxylic acids is 1. The first-order valence-electron chi connectivity index (χ1n) is 9.95. The number of carbonyl (C=O) groups is 1. The Morgan fingerprint density at radius 2 is 2.04 bits per heavy atom. The molecule has 0 heterocycles. The highest BCUT2D eigenvalue weighted by atomic mass is 32.2. The number of amides is 1. The Kier molecular flexibility index (Phi) is 8.51. The molecule has 2 rings (SSSR count). The number of aryl methyl sites for hydroxylation is 1. The van der Waals surface area contributed by atoms with E-state index in [2.05, 4.69) is 16.1 Å². The SMILES string of the molecule is Cc1cc(S(=O)(=O)NCC(C)C)ccc1OCC(=O)NCCC1=CCCCC1. The third-order valence-corrected chi connectivity index (χ3v) is 6.07. The van der Waals surface area contributed by atoms with E-state index in [1.54, 1.807) is 19.1 Å². The van der Waals surface area contributed by atoms with Crippen molar-refractivity contribution >= 4 is 15.9 Å². The minimum atomic E-state index is -3.54. The summed E-state index contributed by atoms with van der Waals surface area (Å²) < 4.78 is 32.7. The molecule has 0 atom stereocenters. The van der Waals surface area contributed by atoms with Gasteiger partial charge in [0, 0.05) is 13.1 Å². The highest BCUT2D eigenvalue weighted by Crippen LogP contribution is 2.22. The van der Waals surface area contributed by atoms with Crippen molar-refractivity contribution in [1.82, 2.24) is 10.0 Å². The molecule has 0 fully saturated rings. The Morgan fingerprint density at radius 3 is 2.68 bits per heavy atom. The fraction of sp³-hybridized carbons (Fsp3) is 0.571. The molecular weight excluding hydrogens is 376 g/mol. The van der Waals surface area contributed by atoms with E-state index < -0.39 is 10.0 Å². The van der Waals surface area contributed by atoms with Crippen molar-refractivity contribution in [3.63, 3.8) is 0 Å². The van der Waals surface area contributed by atoms with Gasteiger partial charge in [0.15, 0.2) is 6.61 Å². The van der Waals surface area contributed by atoms with Gasteiger partial charge in [-0.2, -0.15) is 0 Å². The van der Waals surface area contributed by atoms with Crippen LogP contribution in [0.15, 0.2) is 34.7 Å². The first kappa shape index (κ1) is 22.4. The van der Waals surface area contributed by atoms with Gasteiger partial charge in [-0.3, -0.25) is 4.79 Å². The van der Waals surface area contributed by atoms with Gasteiger partial charge in [-0.15, -0.1) is 0 Å². The van der Waals surface area contributed by atoms with Gasteiger partial charge in [0.25, 0.3) is 5.91 Å². The van der Waals surface area contributed by atoms with E-state index in [1.807, 2.05) is 13.8 Å². The van der Waals surface area contributed by atoms with Crippen molar-refractivity contribution in [2.24, 2.45) is 5.92 Å². The lowest BCUT2D eigenvalue weighted by molar-refractivity contribution is -0.123. The zero-order valence-corrected chi connectivity index (χ0v) is 17.9. The number of sulfonamides is 1. The van der Waals surface area contributed by atoms with Crippen LogP contribution in [0, 0.1) is 12.8 Å². The maximum Gasteiger partial charge on any atom is 0.257 e. The maximum atomic E-state index is 12.3. The van der Waals surface area contributed by atoms with E-state index in [4.69, 9.17) is 4.74 Å². The molecule has 1 aromatic rings. The van der Waals surface area contributed by atoms with E-state index in [1.165, 1.54) is 24.5 Å². The van der Waals surface area contributed by atoms with Crippen molar-refractivity contribution in [2.45, 2.75) is 57.8 Å². The lowest BCUT2D eigenvalue weighted by Crippen LogP contribution is -2.30.